The minimum atomic E-state index is -0.956. The van der Waals surface area contributed by atoms with Crippen LogP contribution < -0.4 is 0 Å². The van der Waals surface area contributed by atoms with Gasteiger partial charge in [0, 0.05) is 11.7 Å². The molecule has 0 aromatic heterocycles. The molecule has 1 atom stereocenters. The van der Waals surface area contributed by atoms with Crippen LogP contribution in [0.15, 0.2) is 48.5 Å². The second-order valence-corrected chi connectivity index (χ2v) is 7.02. The second-order valence-electron chi connectivity index (χ2n) is 6.10. The van der Waals surface area contributed by atoms with E-state index in [2.05, 4.69) is 24.3 Å². The summed E-state index contributed by atoms with van der Waals surface area (Å²) >= 11 is 1.42. The Balaban J connectivity index is 1.71. The number of carbonyl (C=O) groups excluding carboxylic acids is 1. The van der Waals surface area contributed by atoms with Gasteiger partial charge in [-0.2, -0.15) is 11.8 Å². The standard InChI is InChI=1S/C20H20O4S/c1-25-12-13(20(22)23)10-19(21)24-11-18-16-8-4-2-6-14(16)15-7-3-5-9-17(15)18/h2-9,13,18H,10-12H2,1H3,(H,22,23)/t13-/m0/s1. The van der Waals surface area contributed by atoms with Crippen molar-refractivity contribution in [2.24, 2.45) is 5.92 Å². The van der Waals surface area contributed by atoms with Crippen LogP contribution in [0, 0.1) is 5.92 Å². The molecule has 0 aliphatic heterocycles. The lowest BCUT2D eigenvalue weighted by Gasteiger charge is -2.15. The molecule has 2 aromatic rings. The number of ether oxygens (including phenoxy) is 1. The summed E-state index contributed by atoms with van der Waals surface area (Å²) in [5.74, 6) is -1.71. The Morgan fingerprint density at radius 2 is 1.64 bits per heavy atom. The first-order valence-electron chi connectivity index (χ1n) is 8.17. The van der Waals surface area contributed by atoms with Gasteiger partial charge in [0.1, 0.15) is 6.61 Å². The van der Waals surface area contributed by atoms with Crippen LogP contribution in [0.25, 0.3) is 11.1 Å². The number of benzene rings is 2. The van der Waals surface area contributed by atoms with Gasteiger partial charge in [-0.3, -0.25) is 9.59 Å². The van der Waals surface area contributed by atoms with Crippen molar-refractivity contribution in [1.82, 2.24) is 0 Å². The molecule has 0 unspecified atom stereocenters. The topological polar surface area (TPSA) is 63.6 Å². The fourth-order valence-corrected chi connectivity index (χ4v) is 3.96. The van der Waals surface area contributed by atoms with Crippen molar-refractivity contribution in [3.63, 3.8) is 0 Å². The number of carboxylic acids is 1. The fourth-order valence-electron chi connectivity index (χ4n) is 3.29. The molecule has 4 nitrogen and oxygen atoms in total. The molecule has 0 fully saturated rings. The van der Waals surface area contributed by atoms with Crippen LogP contribution in [0.3, 0.4) is 0 Å². The lowest BCUT2D eigenvalue weighted by atomic mass is 9.98. The Hall–Kier alpha value is -2.27. The van der Waals surface area contributed by atoms with Crippen LogP contribution in [-0.2, 0) is 14.3 Å². The number of hydrogen-bond donors (Lipinski definition) is 1. The van der Waals surface area contributed by atoms with E-state index < -0.39 is 17.9 Å². The molecule has 0 heterocycles. The molecule has 1 aliphatic rings. The minimum absolute atomic E-state index is 0.000165. The zero-order valence-electron chi connectivity index (χ0n) is 14.0. The molecule has 2 aromatic carbocycles. The molecule has 0 spiro atoms. The number of esters is 1. The predicted octanol–water partition coefficient (Wildman–Crippen LogP) is 3.80. The van der Waals surface area contributed by atoms with Crippen LogP contribution in [0.2, 0.25) is 0 Å². The van der Waals surface area contributed by atoms with Gasteiger partial charge in [0.2, 0.25) is 0 Å². The highest BCUT2D eigenvalue weighted by Crippen LogP contribution is 2.44. The average molecular weight is 356 g/mol. The summed E-state index contributed by atoms with van der Waals surface area (Å²) in [6.45, 7) is 0.235. The largest absolute Gasteiger partial charge is 0.481 e. The SMILES string of the molecule is CSC[C@H](CC(=O)OCC1c2ccccc2-c2ccccc21)C(=O)O. The van der Waals surface area contributed by atoms with E-state index in [-0.39, 0.29) is 18.9 Å². The van der Waals surface area contributed by atoms with Crippen LogP contribution in [0.5, 0.6) is 0 Å². The third kappa shape index (κ3) is 3.71. The van der Waals surface area contributed by atoms with Crippen molar-refractivity contribution in [2.75, 3.05) is 18.6 Å². The van der Waals surface area contributed by atoms with Crippen molar-refractivity contribution < 1.29 is 19.4 Å². The van der Waals surface area contributed by atoms with Crippen molar-refractivity contribution in [1.29, 1.82) is 0 Å². The van der Waals surface area contributed by atoms with Gasteiger partial charge in [-0.25, -0.2) is 0 Å². The zero-order chi connectivity index (χ0) is 17.8. The molecule has 130 valence electrons. The van der Waals surface area contributed by atoms with E-state index in [0.29, 0.717) is 5.75 Å². The smallest absolute Gasteiger partial charge is 0.307 e. The van der Waals surface area contributed by atoms with Crippen molar-refractivity contribution >= 4 is 23.7 Å². The van der Waals surface area contributed by atoms with Crippen molar-refractivity contribution in [2.45, 2.75) is 12.3 Å². The Morgan fingerprint density at radius 3 is 2.16 bits per heavy atom. The highest BCUT2D eigenvalue weighted by molar-refractivity contribution is 7.98. The molecule has 0 bridgehead atoms. The van der Waals surface area contributed by atoms with Crippen LogP contribution in [0.4, 0.5) is 0 Å². The number of carboxylic acid groups (broad SMARTS) is 1. The zero-order valence-corrected chi connectivity index (χ0v) is 14.8. The second kappa shape index (κ2) is 7.74. The van der Waals surface area contributed by atoms with E-state index in [9.17, 15) is 14.7 Å². The molecule has 0 saturated carbocycles. The molecule has 0 radical (unpaired) electrons. The summed E-state index contributed by atoms with van der Waals surface area (Å²) in [7, 11) is 0. The first-order valence-corrected chi connectivity index (χ1v) is 9.56. The van der Waals surface area contributed by atoms with E-state index in [1.165, 1.54) is 22.9 Å². The summed E-state index contributed by atoms with van der Waals surface area (Å²) in [5, 5.41) is 9.17. The molecule has 0 amide bonds. The van der Waals surface area contributed by atoms with E-state index in [0.717, 1.165) is 11.1 Å². The normalized spacial score (nSPS) is 13.8. The van der Waals surface area contributed by atoms with E-state index in [4.69, 9.17) is 4.74 Å². The predicted molar refractivity (Wildman–Crippen MR) is 98.8 cm³/mol. The Labute approximate surface area is 151 Å². The van der Waals surface area contributed by atoms with E-state index in [1.54, 1.807) is 0 Å². The quantitative estimate of drug-likeness (QED) is 0.765. The highest BCUT2D eigenvalue weighted by atomic mass is 32.2. The van der Waals surface area contributed by atoms with Crippen molar-refractivity contribution in [3.05, 3.63) is 59.7 Å². The monoisotopic (exact) mass is 356 g/mol. The van der Waals surface area contributed by atoms with E-state index in [1.807, 2.05) is 30.5 Å². The van der Waals surface area contributed by atoms with Gasteiger partial charge in [-0.1, -0.05) is 48.5 Å². The van der Waals surface area contributed by atoms with Crippen LogP contribution >= 0.6 is 11.8 Å². The first kappa shape index (κ1) is 17.5. The van der Waals surface area contributed by atoms with Gasteiger partial charge in [0.25, 0.3) is 0 Å². The molecular formula is C20H20O4S. The van der Waals surface area contributed by atoms with Crippen LogP contribution in [-0.4, -0.2) is 35.7 Å². The van der Waals surface area contributed by atoms with Crippen molar-refractivity contribution in [3.8, 4) is 11.1 Å². The maximum atomic E-state index is 12.1. The summed E-state index contributed by atoms with van der Waals surface area (Å²) in [6, 6.07) is 16.2. The lowest BCUT2D eigenvalue weighted by Crippen LogP contribution is -2.22. The number of hydrogen-bond acceptors (Lipinski definition) is 4. The van der Waals surface area contributed by atoms with Gasteiger partial charge in [-0.15, -0.1) is 0 Å². The average Bonchev–Trinajstić information content (AvgIpc) is 2.93. The number of rotatable bonds is 7. The maximum absolute atomic E-state index is 12.1. The lowest BCUT2D eigenvalue weighted by molar-refractivity contribution is -0.151. The Kier molecular flexibility index (Phi) is 5.43. The summed E-state index contributed by atoms with van der Waals surface area (Å²) in [6.07, 6.45) is 1.74. The van der Waals surface area contributed by atoms with Gasteiger partial charge in [0.15, 0.2) is 0 Å². The van der Waals surface area contributed by atoms with Gasteiger partial charge < -0.3 is 9.84 Å². The highest BCUT2D eigenvalue weighted by Gasteiger charge is 2.29. The van der Waals surface area contributed by atoms with Gasteiger partial charge in [0.05, 0.1) is 12.3 Å². The summed E-state index contributed by atoms with van der Waals surface area (Å²) in [4.78, 5) is 23.3. The number of thioether (sulfide) groups is 1. The number of fused-ring (bicyclic) bond motifs is 3. The van der Waals surface area contributed by atoms with Gasteiger partial charge in [-0.05, 0) is 28.5 Å². The molecule has 5 heteroatoms. The summed E-state index contributed by atoms with van der Waals surface area (Å²) < 4.78 is 5.46. The molecule has 25 heavy (non-hydrogen) atoms. The molecule has 3 rings (SSSR count). The molecule has 0 saturated heterocycles. The maximum Gasteiger partial charge on any atom is 0.307 e. The minimum Gasteiger partial charge on any atom is -0.481 e. The Morgan fingerprint density at radius 1 is 1.08 bits per heavy atom. The molecular weight excluding hydrogens is 336 g/mol. The third-order valence-electron chi connectivity index (χ3n) is 4.50. The van der Waals surface area contributed by atoms with E-state index >= 15 is 0 Å². The van der Waals surface area contributed by atoms with Crippen LogP contribution in [0.1, 0.15) is 23.5 Å². The molecule has 1 aliphatic carbocycles. The fraction of sp³-hybridized carbons (Fsp3) is 0.300. The number of aliphatic carboxylic acids is 1. The third-order valence-corrected chi connectivity index (χ3v) is 5.24. The first-order chi connectivity index (χ1) is 12.1. The number of carbonyl (C=O) groups is 2. The molecule has 1 N–H and O–H groups in total. The Bertz CT molecular complexity index is 741. The summed E-state index contributed by atoms with van der Waals surface area (Å²) in [5.41, 5.74) is 4.64. The van der Waals surface area contributed by atoms with Gasteiger partial charge >= 0.3 is 11.9 Å².